The van der Waals surface area contributed by atoms with Gasteiger partial charge < -0.3 is 9.84 Å². The second kappa shape index (κ2) is 5.63. The molecule has 0 radical (unpaired) electrons. The van der Waals surface area contributed by atoms with E-state index in [-0.39, 0.29) is 0 Å². The number of likely N-dealkylation sites (tertiary alicyclic amines) is 1. The summed E-state index contributed by atoms with van der Waals surface area (Å²) in [6.07, 6.45) is 1.88. The fourth-order valence-corrected chi connectivity index (χ4v) is 2.40. The van der Waals surface area contributed by atoms with Crippen molar-refractivity contribution in [3.8, 4) is 0 Å². The molecule has 0 spiro atoms. The predicted molar refractivity (Wildman–Crippen MR) is 67.7 cm³/mol. The Hall–Kier alpha value is -0.900. The number of aryl methyl sites for hydroxylation is 1. The van der Waals surface area contributed by atoms with Crippen molar-refractivity contribution in [2.24, 2.45) is 0 Å². The summed E-state index contributed by atoms with van der Waals surface area (Å²) in [5.41, 5.74) is 2.18. The van der Waals surface area contributed by atoms with Crippen molar-refractivity contribution < 1.29 is 9.84 Å². The molecule has 0 aromatic heterocycles. The fourth-order valence-electron chi connectivity index (χ4n) is 2.40. The van der Waals surface area contributed by atoms with Crippen LogP contribution in [0.4, 0.5) is 0 Å². The smallest absolute Gasteiger partial charge is 0.133 e. The van der Waals surface area contributed by atoms with E-state index in [1.165, 1.54) is 5.56 Å². The highest BCUT2D eigenvalue weighted by molar-refractivity contribution is 5.23. The van der Waals surface area contributed by atoms with E-state index in [4.69, 9.17) is 4.74 Å². The molecule has 1 fully saturated rings. The van der Waals surface area contributed by atoms with Crippen LogP contribution in [0.3, 0.4) is 0 Å². The zero-order valence-corrected chi connectivity index (χ0v) is 10.6. The fraction of sp³-hybridized carbons (Fsp3) is 0.571. The van der Waals surface area contributed by atoms with Crippen molar-refractivity contribution in [2.45, 2.75) is 32.1 Å². The molecule has 17 heavy (non-hydrogen) atoms. The first-order valence-electron chi connectivity index (χ1n) is 6.22. The predicted octanol–water partition coefficient (Wildman–Crippen LogP) is 2.10. The number of ether oxygens (including phenoxy) is 1. The topological polar surface area (TPSA) is 32.7 Å². The van der Waals surface area contributed by atoms with Gasteiger partial charge in [-0.05, 0) is 25.3 Å². The van der Waals surface area contributed by atoms with Crippen LogP contribution < -0.4 is 0 Å². The maximum absolute atomic E-state index is 10.3. The molecule has 1 aliphatic rings. The molecular formula is C14H21NO2. The molecule has 1 atom stereocenters. The Morgan fingerprint density at radius 3 is 2.65 bits per heavy atom. The summed E-state index contributed by atoms with van der Waals surface area (Å²) in [5, 5.41) is 10.3. The van der Waals surface area contributed by atoms with Gasteiger partial charge in [0.25, 0.3) is 0 Å². The van der Waals surface area contributed by atoms with Gasteiger partial charge in [-0.2, -0.15) is 0 Å². The Kier molecular flexibility index (Phi) is 4.15. The van der Waals surface area contributed by atoms with Gasteiger partial charge in [0, 0.05) is 20.2 Å². The van der Waals surface area contributed by atoms with Crippen LogP contribution in [0.25, 0.3) is 0 Å². The maximum Gasteiger partial charge on any atom is 0.133 e. The van der Waals surface area contributed by atoms with E-state index in [2.05, 4.69) is 4.90 Å². The number of rotatable bonds is 3. The quantitative estimate of drug-likeness (QED) is 0.871. The van der Waals surface area contributed by atoms with Crippen molar-refractivity contribution in [3.05, 3.63) is 35.4 Å². The highest BCUT2D eigenvalue weighted by Crippen LogP contribution is 2.23. The summed E-state index contributed by atoms with van der Waals surface area (Å²) in [5.74, 6) is 0. The third-order valence-electron chi connectivity index (χ3n) is 3.50. The molecule has 0 aliphatic carbocycles. The van der Waals surface area contributed by atoms with E-state index in [1.54, 1.807) is 7.11 Å². The Morgan fingerprint density at radius 2 is 2.06 bits per heavy atom. The first-order valence-corrected chi connectivity index (χ1v) is 6.22. The number of benzene rings is 1. The largest absolute Gasteiger partial charge is 0.381 e. The minimum atomic E-state index is -0.479. The molecule has 1 saturated heterocycles. The Labute approximate surface area is 103 Å². The summed E-state index contributed by atoms with van der Waals surface area (Å²) in [6, 6.07) is 8.08. The zero-order valence-electron chi connectivity index (χ0n) is 10.6. The van der Waals surface area contributed by atoms with Crippen LogP contribution in [0.1, 0.15) is 30.2 Å². The van der Waals surface area contributed by atoms with Gasteiger partial charge in [-0.3, -0.25) is 4.90 Å². The molecule has 1 aromatic rings. The Morgan fingerprint density at radius 1 is 1.35 bits per heavy atom. The van der Waals surface area contributed by atoms with Gasteiger partial charge in [-0.25, -0.2) is 0 Å². The van der Waals surface area contributed by atoms with Crippen LogP contribution in [-0.2, 0) is 4.74 Å². The molecule has 94 valence electrons. The SMILES string of the molecule is COC1CCN(C(O)c2cccc(C)c2)CC1. The molecule has 3 nitrogen and oxygen atoms in total. The van der Waals surface area contributed by atoms with Crippen LogP contribution in [0.2, 0.25) is 0 Å². The second-order valence-electron chi connectivity index (χ2n) is 4.76. The number of methoxy groups -OCH3 is 1. The monoisotopic (exact) mass is 235 g/mol. The van der Waals surface area contributed by atoms with E-state index < -0.39 is 6.23 Å². The van der Waals surface area contributed by atoms with E-state index in [9.17, 15) is 5.11 Å². The second-order valence-corrected chi connectivity index (χ2v) is 4.76. The number of piperidine rings is 1. The number of nitrogens with zero attached hydrogens (tertiary/aromatic N) is 1. The number of hydrogen-bond donors (Lipinski definition) is 1. The van der Waals surface area contributed by atoms with Gasteiger partial charge in [0.2, 0.25) is 0 Å². The summed E-state index contributed by atoms with van der Waals surface area (Å²) in [6.45, 7) is 3.84. The molecule has 1 N–H and O–H groups in total. The van der Waals surface area contributed by atoms with Crippen LogP contribution >= 0.6 is 0 Å². The summed E-state index contributed by atoms with van der Waals surface area (Å²) < 4.78 is 5.34. The average molecular weight is 235 g/mol. The summed E-state index contributed by atoms with van der Waals surface area (Å²) in [7, 11) is 1.76. The highest BCUT2D eigenvalue weighted by atomic mass is 16.5. The van der Waals surface area contributed by atoms with Crippen LogP contribution in [0.15, 0.2) is 24.3 Å². The molecular weight excluding hydrogens is 214 g/mol. The van der Waals surface area contributed by atoms with Crippen LogP contribution in [0.5, 0.6) is 0 Å². The maximum atomic E-state index is 10.3. The number of hydrogen-bond acceptors (Lipinski definition) is 3. The third-order valence-corrected chi connectivity index (χ3v) is 3.50. The lowest BCUT2D eigenvalue weighted by Gasteiger charge is -2.34. The van der Waals surface area contributed by atoms with Gasteiger partial charge >= 0.3 is 0 Å². The normalized spacial score (nSPS) is 20.4. The van der Waals surface area contributed by atoms with Crippen molar-refractivity contribution in [1.82, 2.24) is 4.90 Å². The van der Waals surface area contributed by atoms with Gasteiger partial charge in [0.05, 0.1) is 6.10 Å². The molecule has 1 heterocycles. The van der Waals surface area contributed by atoms with Crippen molar-refractivity contribution >= 4 is 0 Å². The van der Waals surface area contributed by atoms with E-state index >= 15 is 0 Å². The van der Waals surface area contributed by atoms with Gasteiger partial charge in [-0.15, -0.1) is 0 Å². The molecule has 1 aliphatic heterocycles. The van der Waals surface area contributed by atoms with Crippen molar-refractivity contribution in [1.29, 1.82) is 0 Å². The lowest BCUT2D eigenvalue weighted by atomic mass is 10.0. The van der Waals surface area contributed by atoms with Crippen LogP contribution in [-0.4, -0.2) is 36.3 Å². The molecule has 1 aromatic carbocycles. The van der Waals surface area contributed by atoms with Gasteiger partial charge in [0.1, 0.15) is 6.23 Å². The van der Waals surface area contributed by atoms with Gasteiger partial charge in [0.15, 0.2) is 0 Å². The molecule has 0 bridgehead atoms. The standard InChI is InChI=1S/C14H21NO2/c1-11-4-3-5-12(10-11)14(16)15-8-6-13(17-2)7-9-15/h3-5,10,13-14,16H,6-9H2,1-2H3. The van der Waals surface area contributed by atoms with Gasteiger partial charge in [-0.1, -0.05) is 29.8 Å². The summed E-state index contributed by atoms with van der Waals surface area (Å²) >= 11 is 0. The number of aliphatic hydroxyl groups excluding tert-OH is 1. The molecule has 0 saturated carbocycles. The van der Waals surface area contributed by atoms with Crippen molar-refractivity contribution in [3.63, 3.8) is 0 Å². The average Bonchev–Trinajstić information content (AvgIpc) is 2.38. The lowest BCUT2D eigenvalue weighted by Crippen LogP contribution is -2.39. The van der Waals surface area contributed by atoms with Crippen LogP contribution in [0, 0.1) is 6.92 Å². The minimum absolute atomic E-state index is 0.357. The zero-order chi connectivity index (χ0) is 12.3. The highest BCUT2D eigenvalue weighted by Gasteiger charge is 2.24. The number of aliphatic hydroxyl groups is 1. The van der Waals surface area contributed by atoms with E-state index in [0.29, 0.717) is 6.10 Å². The molecule has 2 rings (SSSR count). The first-order chi connectivity index (χ1) is 8.20. The first kappa shape index (κ1) is 12.6. The minimum Gasteiger partial charge on any atom is -0.381 e. The Balaban J connectivity index is 1.99. The summed E-state index contributed by atoms with van der Waals surface area (Å²) in [4.78, 5) is 2.12. The molecule has 0 amide bonds. The molecule has 3 heteroatoms. The lowest BCUT2D eigenvalue weighted by molar-refractivity contribution is -0.0436. The third kappa shape index (κ3) is 3.06. The molecule has 1 unspecified atom stereocenters. The van der Waals surface area contributed by atoms with E-state index in [0.717, 1.165) is 31.5 Å². The Bertz CT molecular complexity index is 359. The van der Waals surface area contributed by atoms with E-state index in [1.807, 2.05) is 31.2 Å². The van der Waals surface area contributed by atoms with Crippen molar-refractivity contribution in [2.75, 3.05) is 20.2 Å².